The van der Waals surface area contributed by atoms with Crippen LogP contribution in [0.15, 0.2) is 71.4 Å². The Kier molecular flexibility index (Phi) is 6.04. The van der Waals surface area contributed by atoms with Crippen molar-refractivity contribution < 1.29 is 14.1 Å². The van der Waals surface area contributed by atoms with Crippen molar-refractivity contribution in [2.45, 2.75) is 19.5 Å². The van der Waals surface area contributed by atoms with Gasteiger partial charge in [0.2, 0.25) is 11.7 Å². The summed E-state index contributed by atoms with van der Waals surface area (Å²) in [6, 6.07) is 18.3. The summed E-state index contributed by atoms with van der Waals surface area (Å²) in [5.74, 6) is 1.44. The molecule has 2 aromatic carbocycles. The molecule has 0 aliphatic heterocycles. The average molecular weight is 437 g/mol. The predicted molar refractivity (Wildman–Crippen MR) is 118 cm³/mol. The number of ether oxygens (including phenoxy) is 1. The van der Waals surface area contributed by atoms with Crippen molar-refractivity contribution in [2.75, 3.05) is 7.11 Å². The Hall–Kier alpha value is -3.58. The summed E-state index contributed by atoms with van der Waals surface area (Å²) in [5.41, 5.74) is 2.45. The Morgan fingerprint density at radius 2 is 1.90 bits per heavy atom. The molecule has 0 saturated carbocycles. The zero-order valence-corrected chi connectivity index (χ0v) is 17.8. The summed E-state index contributed by atoms with van der Waals surface area (Å²) in [5, 5.41) is 7.68. The topological polar surface area (TPSA) is 82.2 Å². The second-order valence-electron chi connectivity index (χ2n) is 7.01. The van der Waals surface area contributed by atoms with Crippen molar-refractivity contribution in [1.82, 2.24) is 20.0 Å². The van der Waals surface area contributed by atoms with Gasteiger partial charge in [0.05, 0.1) is 13.2 Å². The molecule has 2 aromatic heterocycles. The van der Waals surface area contributed by atoms with Gasteiger partial charge in [0.1, 0.15) is 18.0 Å². The molecule has 0 fully saturated rings. The Labute approximate surface area is 184 Å². The van der Waals surface area contributed by atoms with Crippen LogP contribution in [0.5, 0.6) is 5.75 Å². The van der Waals surface area contributed by atoms with E-state index in [1.807, 2.05) is 55.5 Å². The van der Waals surface area contributed by atoms with Gasteiger partial charge in [-0.2, -0.15) is 4.98 Å². The van der Waals surface area contributed by atoms with Crippen molar-refractivity contribution in [1.29, 1.82) is 0 Å². The Bertz CT molecular complexity index is 1170. The molecule has 4 aromatic rings. The van der Waals surface area contributed by atoms with Crippen LogP contribution in [0, 0.1) is 0 Å². The molecule has 0 bridgehead atoms. The van der Waals surface area contributed by atoms with Gasteiger partial charge < -0.3 is 19.1 Å². The summed E-state index contributed by atoms with van der Waals surface area (Å²) in [6.45, 7) is 2.06. The molecule has 31 heavy (non-hydrogen) atoms. The van der Waals surface area contributed by atoms with Crippen LogP contribution in [0.2, 0.25) is 5.02 Å². The third-order valence-corrected chi connectivity index (χ3v) is 5.14. The Morgan fingerprint density at radius 3 is 2.61 bits per heavy atom. The summed E-state index contributed by atoms with van der Waals surface area (Å²) >= 11 is 5.93. The first kappa shape index (κ1) is 20.7. The molecular weight excluding hydrogens is 416 g/mol. The first-order chi connectivity index (χ1) is 15.0. The summed E-state index contributed by atoms with van der Waals surface area (Å²) in [4.78, 5) is 17.1. The Balaban J connectivity index is 1.44. The van der Waals surface area contributed by atoms with Crippen molar-refractivity contribution in [3.05, 3.63) is 77.4 Å². The molecule has 0 unspecified atom stereocenters. The fourth-order valence-electron chi connectivity index (χ4n) is 3.21. The third kappa shape index (κ3) is 4.78. The molecule has 1 amide bonds. The summed E-state index contributed by atoms with van der Waals surface area (Å²) in [6.07, 6.45) is 1.80. The molecule has 158 valence electrons. The summed E-state index contributed by atoms with van der Waals surface area (Å²) in [7, 11) is 1.62. The molecule has 0 aliphatic carbocycles. The van der Waals surface area contributed by atoms with Crippen molar-refractivity contribution in [2.24, 2.45) is 0 Å². The number of nitrogens with zero attached hydrogens (tertiary/aromatic N) is 3. The van der Waals surface area contributed by atoms with Crippen LogP contribution in [0.25, 0.3) is 23.0 Å². The van der Waals surface area contributed by atoms with E-state index in [1.54, 1.807) is 30.0 Å². The van der Waals surface area contributed by atoms with Crippen LogP contribution in [0.4, 0.5) is 0 Å². The molecule has 0 radical (unpaired) electrons. The number of rotatable bonds is 7. The highest BCUT2D eigenvalue weighted by molar-refractivity contribution is 6.30. The number of nitrogens with one attached hydrogen (secondary N) is 1. The smallest absolute Gasteiger partial charge is 0.274 e. The van der Waals surface area contributed by atoms with Gasteiger partial charge in [-0.3, -0.25) is 4.79 Å². The van der Waals surface area contributed by atoms with Crippen molar-refractivity contribution >= 4 is 17.5 Å². The third-order valence-electron chi connectivity index (χ3n) is 4.88. The van der Waals surface area contributed by atoms with Gasteiger partial charge in [0, 0.05) is 16.8 Å². The number of hydrogen-bond acceptors (Lipinski definition) is 5. The lowest BCUT2D eigenvalue weighted by atomic mass is 10.1. The van der Waals surface area contributed by atoms with E-state index in [2.05, 4.69) is 15.5 Å². The molecule has 1 atom stereocenters. The maximum Gasteiger partial charge on any atom is 0.274 e. The van der Waals surface area contributed by atoms with E-state index in [9.17, 15) is 4.79 Å². The Morgan fingerprint density at radius 1 is 1.16 bits per heavy atom. The van der Waals surface area contributed by atoms with Crippen LogP contribution in [-0.2, 0) is 11.3 Å². The molecule has 0 spiro atoms. The lowest BCUT2D eigenvalue weighted by Crippen LogP contribution is -2.30. The normalized spacial score (nSPS) is 11.8. The number of hydrogen-bond donors (Lipinski definition) is 1. The zero-order valence-electron chi connectivity index (χ0n) is 17.1. The molecule has 0 saturated heterocycles. The van der Waals surface area contributed by atoms with Gasteiger partial charge in [0.25, 0.3) is 5.89 Å². The van der Waals surface area contributed by atoms with E-state index in [4.69, 9.17) is 20.9 Å². The quantitative estimate of drug-likeness (QED) is 0.452. The van der Waals surface area contributed by atoms with Gasteiger partial charge >= 0.3 is 0 Å². The van der Waals surface area contributed by atoms with Crippen molar-refractivity contribution in [3.63, 3.8) is 0 Å². The fourth-order valence-corrected chi connectivity index (χ4v) is 3.33. The number of benzene rings is 2. The highest BCUT2D eigenvalue weighted by Gasteiger charge is 2.17. The van der Waals surface area contributed by atoms with E-state index >= 15 is 0 Å². The van der Waals surface area contributed by atoms with E-state index in [0.717, 1.165) is 16.9 Å². The van der Waals surface area contributed by atoms with E-state index in [1.165, 1.54) is 0 Å². The molecule has 2 heterocycles. The van der Waals surface area contributed by atoms with Crippen molar-refractivity contribution in [3.8, 4) is 28.7 Å². The predicted octanol–water partition coefficient (Wildman–Crippen LogP) is 4.74. The van der Waals surface area contributed by atoms with E-state index in [0.29, 0.717) is 22.4 Å². The SMILES string of the molecule is COc1ccc([C@@H](C)NC(=O)Cn2cccc2-c2nc(-c3ccc(Cl)cc3)no2)cc1. The number of methoxy groups -OCH3 is 1. The second kappa shape index (κ2) is 9.06. The van der Waals surface area contributed by atoms with Gasteiger partial charge in [0.15, 0.2) is 0 Å². The lowest BCUT2D eigenvalue weighted by molar-refractivity contribution is -0.122. The van der Waals surface area contributed by atoms with E-state index < -0.39 is 0 Å². The average Bonchev–Trinajstić information content (AvgIpc) is 3.43. The monoisotopic (exact) mass is 436 g/mol. The molecular formula is C23H21ClN4O3. The summed E-state index contributed by atoms with van der Waals surface area (Å²) < 4.78 is 12.4. The van der Waals surface area contributed by atoms with Crippen LogP contribution in [0.3, 0.4) is 0 Å². The fraction of sp³-hybridized carbons (Fsp3) is 0.174. The molecule has 8 heteroatoms. The van der Waals surface area contributed by atoms with Crippen LogP contribution < -0.4 is 10.1 Å². The van der Waals surface area contributed by atoms with Gasteiger partial charge in [-0.15, -0.1) is 0 Å². The van der Waals surface area contributed by atoms with Gasteiger partial charge in [-0.25, -0.2) is 0 Å². The first-order valence-electron chi connectivity index (χ1n) is 9.72. The highest BCUT2D eigenvalue weighted by atomic mass is 35.5. The number of amides is 1. The number of halogens is 1. The zero-order chi connectivity index (χ0) is 21.8. The molecule has 7 nitrogen and oxygen atoms in total. The number of aromatic nitrogens is 3. The van der Waals surface area contributed by atoms with Gasteiger partial charge in [-0.1, -0.05) is 28.9 Å². The van der Waals surface area contributed by atoms with E-state index in [-0.39, 0.29) is 18.5 Å². The first-order valence-corrected chi connectivity index (χ1v) is 10.1. The highest BCUT2D eigenvalue weighted by Crippen LogP contribution is 2.24. The minimum atomic E-state index is -0.141. The maximum atomic E-state index is 12.6. The van der Waals surface area contributed by atoms with Crippen LogP contribution in [-0.4, -0.2) is 27.7 Å². The second-order valence-corrected chi connectivity index (χ2v) is 7.45. The van der Waals surface area contributed by atoms with Gasteiger partial charge in [-0.05, 0) is 61.0 Å². The lowest BCUT2D eigenvalue weighted by Gasteiger charge is -2.15. The molecule has 1 N–H and O–H groups in total. The minimum absolute atomic E-state index is 0.126. The number of carbonyl (C=O) groups excluding carboxylic acids is 1. The molecule has 4 rings (SSSR count). The molecule has 0 aliphatic rings. The number of carbonyl (C=O) groups is 1. The largest absolute Gasteiger partial charge is 0.497 e. The minimum Gasteiger partial charge on any atom is -0.497 e. The maximum absolute atomic E-state index is 12.6. The van der Waals surface area contributed by atoms with Crippen LogP contribution in [0.1, 0.15) is 18.5 Å². The standard InChI is InChI=1S/C23H21ClN4O3/c1-15(16-7-11-19(30-2)12-8-16)25-21(29)14-28-13-3-4-20(28)23-26-22(27-31-23)17-5-9-18(24)10-6-17/h3-13,15H,14H2,1-2H3,(H,25,29)/t15-/m1/s1. The van der Waals surface area contributed by atoms with Crippen LogP contribution >= 0.6 is 11.6 Å².